The highest BCUT2D eigenvalue weighted by molar-refractivity contribution is 7.09. The van der Waals surface area contributed by atoms with Gasteiger partial charge in [-0.3, -0.25) is 9.78 Å². The van der Waals surface area contributed by atoms with Gasteiger partial charge in [-0.15, -0.1) is 11.3 Å². The van der Waals surface area contributed by atoms with Gasteiger partial charge in [-0.2, -0.15) is 0 Å². The highest BCUT2D eigenvalue weighted by Crippen LogP contribution is 2.16. The smallest absolute Gasteiger partial charge is 0.229 e. The third-order valence-electron chi connectivity index (χ3n) is 3.68. The van der Waals surface area contributed by atoms with Crippen molar-refractivity contribution < 1.29 is 9.53 Å². The predicted octanol–water partition coefficient (Wildman–Crippen LogP) is 1.92. The first kappa shape index (κ1) is 15.1. The van der Waals surface area contributed by atoms with Crippen molar-refractivity contribution >= 4 is 17.2 Å². The maximum absolute atomic E-state index is 12.4. The van der Waals surface area contributed by atoms with E-state index >= 15 is 0 Å². The Morgan fingerprint density at radius 2 is 2.36 bits per heavy atom. The summed E-state index contributed by atoms with van der Waals surface area (Å²) in [5.74, 6) is 0.130. The average Bonchev–Trinajstić information content (AvgIpc) is 2.95. The molecule has 3 rings (SSSR count). The van der Waals surface area contributed by atoms with Gasteiger partial charge in [-0.05, 0) is 19.1 Å². The number of morpholine rings is 1. The minimum atomic E-state index is 0.130. The van der Waals surface area contributed by atoms with E-state index in [-0.39, 0.29) is 11.9 Å². The molecule has 0 aromatic carbocycles. The van der Waals surface area contributed by atoms with Gasteiger partial charge in [0.05, 0.1) is 36.4 Å². The second kappa shape index (κ2) is 6.98. The standard InChI is InChI=1S/C16H19N3O2S/c1-12-10-21-7-6-19(12)16(20)9-14-11-22-15(18-14)8-13-4-2-3-5-17-13/h2-5,11-12H,6-10H2,1H3/t12-/m0/s1. The van der Waals surface area contributed by atoms with E-state index < -0.39 is 0 Å². The van der Waals surface area contributed by atoms with Crippen molar-refractivity contribution in [3.05, 3.63) is 46.2 Å². The van der Waals surface area contributed by atoms with Crippen LogP contribution in [0, 0.1) is 0 Å². The van der Waals surface area contributed by atoms with Crippen LogP contribution in [0.25, 0.3) is 0 Å². The zero-order valence-corrected chi connectivity index (χ0v) is 13.4. The molecular formula is C16H19N3O2S. The second-order valence-corrected chi connectivity index (χ2v) is 6.36. The van der Waals surface area contributed by atoms with Gasteiger partial charge >= 0.3 is 0 Å². The molecule has 1 saturated heterocycles. The topological polar surface area (TPSA) is 55.3 Å². The summed E-state index contributed by atoms with van der Waals surface area (Å²) in [5.41, 5.74) is 1.84. The van der Waals surface area contributed by atoms with Crippen LogP contribution >= 0.6 is 11.3 Å². The Balaban J connectivity index is 1.60. The lowest BCUT2D eigenvalue weighted by Gasteiger charge is -2.33. The molecule has 0 saturated carbocycles. The van der Waals surface area contributed by atoms with Crippen LogP contribution in [0.4, 0.5) is 0 Å². The van der Waals surface area contributed by atoms with Gasteiger partial charge in [0.15, 0.2) is 0 Å². The Hall–Kier alpha value is -1.79. The van der Waals surface area contributed by atoms with Crippen molar-refractivity contribution in [1.29, 1.82) is 0 Å². The summed E-state index contributed by atoms with van der Waals surface area (Å²) >= 11 is 1.59. The molecular weight excluding hydrogens is 298 g/mol. The highest BCUT2D eigenvalue weighted by atomic mass is 32.1. The number of hydrogen-bond acceptors (Lipinski definition) is 5. The van der Waals surface area contributed by atoms with E-state index in [9.17, 15) is 4.79 Å². The molecule has 0 bridgehead atoms. The molecule has 0 aliphatic carbocycles. The monoisotopic (exact) mass is 317 g/mol. The third-order valence-corrected chi connectivity index (χ3v) is 4.58. The number of nitrogens with zero attached hydrogens (tertiary/aromatic N) is 3. The Morgan fingerprint density at radius 1 is 1.45 bits per heavy atom. The molecule has 1 atom stereocenters. The molecule has 5 nitrogen and oxygen atoms in total. The fraction of sp³-hybridized carbons (Fsp3) is 0.438. The number of carbonyl (C=O) groups excluding carboxylic acids is 1. The average molecular weight is 317 g/mol. The van der Waals surface area contributed by atoms with Gasteiger partial charge < -0.3 is 9.64 Å². The molecule has 2 aromatic heterocycles. The van der Waals surface area contributed by atoms with Crippen molar-refractivity contribution in [2.75, 3.05) is 19.8 Å². The quantitative estimate of drug-likeness (QED) is 0.864. The van der Waals surface area contributed by atoms with Crippen LogP contribution in [0.1, 0.15) is 23.3 Å². The number of ether oxygens (including phenoxy) is 1. The van der Waals surface area contributed by atoms with E-state index in [0.29, 0.717) is 32.6 Å². The molecule has 6 heteroatoms. The minimum absolute atomic E-state index is 0.130. The predicted molar refractivity (Wildman–Crippen MR) is 84.9 cm³/mol. The summed E-state index contributed by atoms with van der Waals surface area (Å²) < 4.78 is 5.37. The third kappa shape index (κ3) is 3.69. The molecule has 0 N–H and O–H groups in total. The zero-order valence-electron chi connectivity index (χ0n) is 12.6. The Bertz CT molecular complexity index is 629. The van der Waals surface area contributed by atoms with Gasteiger partial charge in [0.25, 0.3) is 0 Å². The van der Waals surface area contributed by atoms with Crippen LogP contribution in [-0.4, -0.2) is 46.6 Å². The summed E-state index contributed by atoms with van der Waals surface area (Å²) in [6.45, 7) is 3.93. The number of aromatic nitrogens is 2. The van der Waals surface area contributed by atoms with Gasteiger partial charge in [0, 0.05) is 30.2 Å². The molecule has 0 unspecified atom stereocenters. The fourth-order valence-electron chi connectivity index (χ4n) is 2.52. The lowest BCUT2D eigenvalue weighted by Crippen LogP contribution is -2.47. The van der Waals surface area contributed by atoms with Crippen LogP contribution in [0.3, 0.4) is 0 Å². The second-order valence-electron chi connectivity index (χ2n) is 5.42. The van der Waals surface area contributed by atoms with E-state index in [1.807, 2.05) is 35.4 Å². The summed E-state index contributed by atoms with van der Waals surface area (Å²) in [6.07, 6.45) is 2.86. The molecule has 116 valence electrons. The number of amides is 1. The first-order valence-corrected chi connectivity index (χ1v) is 8.31. The van der Waals surface area contributed by atoms with Crippen molar-refractivity contribution in [2.24, 2.45) is 0 Å². The maximum atomic E-state index is 12.4. The van der Waals surface area contributed by atoms with E-state index in [4.69, 9.17) is 4.74 Å². The number of pyridine rings is 1. The molecule has 22 heavy (non-hydrogen) atoms. The molecule has 1 aliphatic rings. The Labute approximate surface area is 134 Å². The summed E-state index contributed by atoms with van der Waals surface area (Å²) in [7, 11) is 0. The molecule has 1 amide bonds. The van der Waals surface area contributed by atoms with Crippen molar-refractivity contribution in [1.82, 2.24) is 14.9 Å². The van der Waals surface area contributed by atoms with Crippen LogP contribution in [0.2, 0.25) is 0 Å². The van der Waals surface area contributed by atoms with E-state index in [1.165, 1.54) is 0 Å². The van der Waals surface area contributed by atoms with Crippen molar-refractivity contribution in [3.63, 3.8) is 0 Å². The fourth-order valence-corrected chi connectivity index (χ4v) is 3.33. The van der Waals surface area contributed by atoms with Crippen molar-refractivity contribution in [3.8, 4) is 0 Å². The molecule has 1 aliphatic heterocycles. The molecule has 0 spiro atoms. The van der Waals surface area contributed by atoms with Crippen molar-refractivity contribution in [2.45, 2.75) is 25.8 Å². The van der Waals surface area contributed by atoms with E-state index in [0.717, 1.165) is 16.4 Å². The SMILES string of the molecule is C[C@H]1COCCN1C(=O)Cc1csc(Cc2ccccn2)n1. The number of hydrogen-bond donors (Lipinski definition) is 0. The lowest BCUT2D eigenvalue weighted by atomic mass is 10.2. The molecule has 2 aromatic rings. The summed E-state index contributed by atoms with van der Waals surface area (Å²) in [4.78, 5) is 23.1. The summed E-state index contributed by atoms with van der Waals surface area (Å²) in [6, 6.07) is 6.01. The van der Waals surface area contributed by atoms with Gasteiger partial charge in [-0.1, -0.05) is 6.07 Å². The first-order chi connectivity index (χ1) is 10.7. The zero-order chi connectivity index (χ0) is 15.4. The van der Waals surface area contributed by atoms with Crippen LogP contribution in [-0.2, 0) is 22.4 Å². The van der Waals surface area contributed by atoms with Gasteiger partial charge in [0.2, 0.25) is 5.91 Å². The van der Waals surface area contributed by atoms with Crippen LogP contribution in [0.15, 0.2) is 29.8 Å². The van der Waals surface area contributed by atoms with Gasteiger partial charge in [0.1, 0.15) is 0 Å². The number of carbonyl (C=O) groups is 1. The normalized spacial score (nSPS) is 18.4. The van der Waals surface area contributed by atoms with Crippen LogP contribution < -0.4 is 0 Å². The minimum Gasteiger partial charge on any atom is -0.377 e. The number of thiazole rings is 1. The van der Waals surface area contributed by atoms with E-state index in [1.54, 1.807) is 17.5 Å². The van der Waals surface area contributed by atoms with E-state index in [2.05, 4.69) is 9.97 Å². The Morgan fingerprint density at radius 3 is 3.14 bits per heavy atom. The maximum Gasteiger partial charge on any atom is 0.229 e. The largest absolute Gasteiger partial charge is 0.377 e. The molecule has 1 fully saturated rings. The Kier molecular flexibility index (Phi) is 4.80. The molecule has 3 heterocycles. The number of rotatable bonds is 4. The molecule has 0 radical (unpaired) electrons. The van der Waals surface area contributed by atoms with Crippen LogP contribution in [0.5, 0.6) is 0 Å². The highest BCUT2D eigenvalue weighted by Gasteiger charge is 2.24. The lowest BCUT2D eigenvalue weighted by molar-refractivity contribution is -0.138. The summed E-state index contributed by atoms with van der Waals surface area (Å²) in [5, 5.41) is 2.97. The van der Waals surface area contributed by atoms with Gasteiger partial charge in [-0.25, -0.2) is 4.98 Å². The first-order valence-electron chi connectivity index (χ1n) is 7.43.